The molecule has 0 aromatic heterocycles. The van der Waals surface area contributed by atoms with Crippen molar-refractivity contribution in [1.29, 1.82) is 0 Å². The number of hydrogen-bond acceptors (Lipinski definition) is 1. The van der Waals surface area contributed by atoms with Crippen LogP contribution in [0.3, 0.4) is 0 Å². The first-order chi connectivity index (χ1) is 10.2. The molecule has 2 aliphatic carbocycles. The Morgan fingerprint density at radius 3 is 2.90 bits per heavy atom. The Kier molecular flexibility index (Phi) is 2.85. The summed E-state index contributed by atoms with van der Waals surface area (Å²) in [5, 5.41) is 11.6. The molecule has 21 heavy (non-hydrogen) atoms. The van der Waals surface area contributed by atoms with Crippen molar-refractivity contribution in [2.24, 2.45) is 5.92 Å². The van der Waals surface area contributed by atoms with Crippen molar-refractivity contribution >= 4 is 22.8 Å². The maximum Gasteiger partial charge on any atom is 0.336 e. The minimum absolute atomic E-state index is 0.486. The van der Waals surface area contributed by atoms with Crippen LogP contribution in [0.5, 0.6) is 0 Å². The molecule has 0 amide bonds. The average molecular weight is 278 g/mol. The first-order valence-corrected chi connectivity index (χ1v) is 7.72. The van der Waals surface area contributed by atoms with Crippen LogP contribution in [0.25, 0.3) is 16.8 Å². The van der Waals surface area contributed by atoms with Crippen molar-refractivity contribution in [3.63, 3.8) is 0 Å². The Balaban J connectivity index is 2.01. The van der Waals surface area contributed by atoms with Crippen molar-refractivity contribution in [1.82, 2.24) is 0 Å². The molecule has 1 fully saturated rings. The Morgan fingerprint density at radius 1 is 1.19 bits per heavy atom. The van der Waals surface area contributed by atoms with Gasteiger partial charge in [-0.3, -0.25) is 0 Å². The Morgan fingerprint density at radius 2 is 2.05 bits per heavy atom. The number of carboxylic acids is 1. The molecule has 2 aliphatic rings. The van der Waals surface area contributed by atoms with E-state index in [1.807, 2.05) is 24.3 Å². The van der Waals surface area contributed by atoms with Gasteiger partial charge in [-0.2, -0.15) is 0 Å². The molecule has 1 saturated carbocycles. The molecule has 1 atom stereocenters. The Bertz CT molecular complexity index is 770. The molecule has 0 aliphatic heterocycles. The number of allylic oxidation sites excluding steroid dienone is 1. The number of aromatic carboxylic acids is 1. The highest BCUT2D eigenvalue weighted by Gasteiger charge is 2.27. The normalized spacial score (nSPS) is 20.6. The first-order valence-electron chi connectivity index (χ1n) is 7.72. The van der Waals surface area contributed by atoms with Gasteiger partial charge in [0.2, 0.25) is 0 Å². The molecule has 1 N–H and O–H groups in total. The van der Waals surface area contributed by atoms with Gasteiger partial charge in [0.15, 0.2) is 0 Å². The van der Waals surface area contributed by atoms with E-state index < -0.39 is 5.97 Å². The van der Waals surface area contributed by atoms with E-state index in [1.165, 1.54) is 30.4 Å². The topological polar surface area (TPSA) is 37.3 Å². The second kappa shape index (κ2) is 4.73. The lowest BCUT2D eigenvalue weighted by Crippen LogP contribution is -2.18. The monoisotopic (exact) mass is 278 g/mol. The number of carbonyl (C=O) groups is 1. The van der Waals surface area contributed by atoms with Gasteiger partial charge in [-0.05, 0) is 53.5 Å². The lowest BCUT2D eigenvalue weighted by Gasteiger charge is -2.31. The highest BCUT2D eigenvalue weighted by Crippen LogP contribution is 2.40. The summed E-state index contributed by atoms with van der Waals surface area (Å²) in [5.74, 6) is -0.178. The smallest absolute Gasteiger partial charge is 0.336 e. The van der Waals surface area contributed by atoms with Crippen molar-refractivity contribution < 1.29 is 9.90 Å². The van der Waals surface area contributed by atoms with Crippen molar-refractivity contribution in [3.8, 4) is 0 Å². The molecule has 4 rings (SSSR count). The summed E-state index contributed by atoms with van der Waals surface area (Å²) in [6.45, 7) is 0. The minimum atomic E-state index is -0.811. The molecule has 2 aromatic rings. The summed E-state index contributed by atoms with van der Waals surface area (Å²) < 4.78 is 0. The minimum Gasteiger partial charge on any atom is -0.478 e. The molecular weight excluding hydrogens is 260 g/mol. The highest BCUT2D eigenvalue weighted by molar-refractivity contribution is 6.07. The fourth-order valence-corrected chi connectivity index (χ4v) is 3.97. The molecule has 0 radical (unpaired) electrons. The third-order valence-corrected chi connectivity index (χ3v) is 4.98. The van der Waals surface area contributed by atoms with Gasteiger partial charge in [-0.15, -0.1) is 0 Å². The summed E-state index contributed by atoms with van der Waals surface area (Å²) in [6, 6.07) is 10.0. The van der Waals surface area contributed by atoms with E-state index >= 15 is 0 Å². The quantitative estimate of drug-likeness (QED) is 0.823. The van der Waals surface area contributed by atoms with Gasteiger partial charge in [0, 0.05) is 0 Å². The molecule has 2 heteroatoms. The largest absolute Gasteiger partial charge is 0.478 e. The molecule has 0 saturated heterocycles. The second-order valence-electron chi connectivity index (χ2n) is 6.22. The van der Waals surface area contributed by atoms with Crippen molar-refractivity contribution in [2.75, 3.05) is 0 Å². The predicted octanol–water partition coefficient (Wildman–Crippen LogP) is 4.67. The Labute approximate surface area is 124 Å². The second-order valence-corrected chi connectivity index (χ2v) is 6.22. The summed E-state index contributed by atoms with van der Waals surface area (Å²) >= 11 is 0. The molecule has 0 bridgehead atoms. The zero-order chi connectivity index (χ0) is 14.4. The molecular formula is C19H18O2. The number of fused-ring (bicyclic) bond motifs is 3. The van der Waals surface area contributed by atoms with Crippen LogP contribution in [0.15, 0.2) is 35.9 Å². The highest BCUT2D eigenvalue weighted by atomic mass is 16.4. The summed E-state index contributed by atoms with van der Waals surface area (Å²) in [7, 11) is 0. The number of benzene rings is 2. The lowest BCUT2D eigenvalue weighted by atomic mass is 9.74. The van der Waals surface area contributed by atoms with Gasteiger partial charge in [-0.25, -0.2) is 4.79 Å². The van der Waals surface area contributed by atoms with Crippen LogP contribution in [0.4, 0.5) is 0 Å². The van der Waals surface area contributed by atoms with Crippen LogP contribution in [0, 0.1) is 5.92 Å². The summed E-state index contributed by atoms with van der Waals surface area (Å²) in [4.78, 5) is 11.8. The lowest BCUT2D eigenvalue weighted by molar-refractivity contribution is 0.0698. The van der Waals surface area contributed by atoms with Gasteiger partial charge in [0.1, 0.15) is 0 Å². The molecule has 0 heterocycles. The molecule has 2 nitrogen and oxygen atoms in total. The maximum absolute atomic E-state index is 11.8. The zero-order valence-electron chi connectivity index (χ0n) is 11.9. The van der Waals surface area contributed by atoms with E-state index in [1.54, 1.807) is 0 Å². The van der Waals surface area contributed by atoms with Gasteiger partial charge in [0.25, 0.3) is 0 Å². The van der Waals surface area contributed by atoms with E-state index in [-0.39, 0.29) is 0 Å². The number of rotatable bonds is 1. The van der Waals surface area contributed by atoms with Gasteiger partial charge < -0.3 is 5.11 Å². The molecule has 106 valence electrons. The van der Waals surface area contributed by atoms with Gasteiger partial charge >= 0.3 is 5.97 Å². The average Bonchev–Trinajstić information content (AvgIpc) is 2.50. The van der Waals surface area contributed by atoms with E-state index in [0.717, 1.165) is 29.2 Å². The number of carboxylic acid groups (broad SMARTS) is 1. The predicted molar refractivity (Wildman–Crippen MR) is 84.5 cm³/mol. The third kappa shape index (κ3) is 1.98. The standard InChI is InChI=1S/C19H18O2/c20-19(21)18-16-8-4-3-7-14(16)10-15-9-12-5-1-2-6-13(12)11-17(15)18/h3-4,7-8,10-12H,1-2,5-6,9H2,(H,20,21). The van der Waals surface area contributed by atoms with Crippen molar-refractivity contribution in [3.05, 3.63) is 52.6 Å². The van der Waals surface area contributed by atoms with E-state index in [9.17, 15) is 9.90 Å². The first kappa shape index (κ1) is 12.6. The van der Waals surface area contributed by atoms with Crippen molar-refractivity contribution in [2.45, 2.75) is 32.1 Å². The van der Waals surface area contributed by atoms with Crippen LogP contribution in [0.2, 0.25) is 0 Å². The van der Waals surface area contributed by atoms with Crippen LogP contribution in [-0.4, -0.2) is 11.1 Å². The van der Waals surface area contributed by atoms with Crippen LogP contribution in [-0.2, 0) is 6.42 Å². The maximum atomic E-state index is 11.8. The summed E-state index contributed by atoms with van der Waals surface area (Å²) in [6.07, 6.45) is 8.12. The third-order valence-electron chi connectivity index (χ3n) is 4.98. The summed E-state index contributed by atoms with van der Waals surface area (Å²) in [5.41, 5.74) is 4.11. The van der Waals surface area contributed by atoms with E-state index in [4.69, 9.17) is 0 Å². The molecule has 1 unspecified atom stereocenters. The van der Waals surface area contributed by atoms with Crippen LogP contribution < -0.4 is 0 Å². The molecule has 2 aromatic carbocycles. The number of hydrogen-bond donors (Lipinski definition) is 1. The fraction of sp³-hybridized carbons (Fsp3) is 0.316. The SMILES string of the molecule is O=C(O)c1c2c(cc3ccccc13)CC1CCCCC1=C2. The molecule has 0 spiro atoms. The Hall–Kier alpha value is -2.09. The fourth-order valence-electron chi connectivity index (χ4n) is 3.97. The van der Waals surface area contributed by atoms with E-state index in [2.05, 4.69) is 12.1 Å². The van der Waals surface area contributed by atoms with E-state index in [0.29, 0.717) is 11.5 Å². The van der Waals surface area contributed by atoms with Gasteiger partial charge in [0.05, 0.1) is 5.56 Å². The van der Waals surface area contributed by atoms with Gasteiger partial charge in [-0.1, -0.05) is 48.4 Å². The van der Waals surface area contributed by atoms with Crippen LogP contribution >= 0.6 is 0 Å². The zero-order valence-corrected chi connectivity index (χ0v) is 11.9. The van der Waals surface area contributed by atoms with Crippen LogP contribution in [0.1, 0.15) is 47.2 Å².